The van der Waals surface area contributed by atoms with Gasteiger partial charge in [-0.2, -0.15) is 0 Å². The van der Waals surface area contributed by atoms with Crippen LogP contribution in [0.25, 0.3) is 11.1 Å². The van der Waals surface area contributed by atoms with Crippen molar-refractivity contribution in [3.63, 3.8) is 0 Å². The van der Waals surface area contributed by atoms with E-state index in [2.05, 4.69) is 84.6 Å². The third-order valence-electron chi connectivity index (χ3n) is 5.42. The lowest BCUT2D eigenvalue weighted by Gasteiger charge is -2.27. The van der Waals surface area contributed by atoms with Crippen molar-refractivity contribution in [1.29, 1.82) is 0 Å². The molecule has 0 unspecified atom stereocenters. The van der Waals surface area contributed by atoms with Gasteiger partial charge in [-0.05, 0) is 46.9 Å². The van der Waals surface area contributed by atoms with Gasteiger partial charge < -0.3 is 4.90 Å². The average molecular weight is 341 g/mol. The summed E-state index contributed by atoms with van der Waals surface area (Å²) in [6.07, 6.45) is 6.18. The van der Waals surface area contributed by atoms with Crippen LogP contribution < -0.4 is 4.90 Å². The molecular weight excluding hydrogens is 314 g/mol. The first kappa shape index (κ1) is 16.9. The molecule has 0 bridgehead atoms. The van der Waals surface area contributed by atoms with Crippen LogP contribution in [0.15, 0.2) is 72.8 Å². The molecule has 1 aliphatic carbocycles. The maximum Gasteiger partial charge on any atom is 0.0452 e. The van der Waals surface area contributed by atoms with E-state index in [4.69, 9.17) is 0 Å². The summed E-state index contributed by atoms with van der Waals surface area (Å²) in [5.41, 5.74) is 8.42. The molecule has 0 atom stereocenters. The van der Waals surface area contributed by atoms with Gasteiger partial charge in [-0.1, -0.05) is 80.8 Å². The summed E-state index contributed by atoms with van der Waals surface area (Å²) < 4.78 is 0. The van der Waals surface area contributed by atoms with Crippen molar-refractivity contribution in [2.75, 3.05) is 11.4 Å². The van der Waals surface area contributed by atoms with Crippen molar-refractivity contribution in [1.82, 2.24) is 0 Å². The molecule has 0 radical (unpaired) electrons. The van der Waals surface area contributed by atoms with Crippen molar-refractivity contribution in [3.05, 3.63) is 83.9 Å². The van der Waals surface area contributed by atoms with Gasteiger partial charge in [0.1, 0.15) is 0 Å². The molecule has 0 saturated carbocycles. The molecule has 4 rings (SSSR count). The molecule has 3 aromatic rings. The summed E-state index contributed by atoms with van der Waals surface area (Å²) >= 11 is 0. The molecule has 3 aromatic carbocycles. The first-order valence-corrected chi connectivity index (χ1v) is 9.91. The Labute approximate surface area is 157 Å². The fraction of sp³-hybridized carbons (Fsp3) is 0.280. The molecule has 26 heavy (non-hydrogen) atoms. The highest BCUT2D eigenvalue weighted by Gasteiger charge is 2.23. The van der Waals surface area contributed by atoms with Crippen molar-refractivity contribution in [3.8, 4) is 11.1 Å². The third-order valence-corrected chi connectivity index (χ3v) is 5.42. The van der Waals surface area contributed by atoms with Gasteiger partial charge in [0.15, 0.2) is 0 Å². The maximum atomic E-state index is 2.53. The number of para-hydroxylation sites is 1. The topological polar surface area (TPSA) is 3.24 Å². The zero-order valence-corrected chi connectivity index (χ0v) is 15.6. The Hall–Kier alpha value is -2.54. The van der Waals surface area contributed by atoms with Crippen LogP contribution in [0.1, 0.15) is 43.7 Å². The quantitative estimate of drug-likeness (QED) is 0.328. The van der Waals surface area contributed by atoms with Gasteiger partial charge in [-0.3, -0.25) is 0 Å². The van der Waals surface area contributed by atoms with Gasteiger partial charge >= 0.3 is 0 Å². The Morgan fingerprint density at radius 1 is 0.731 bits per heavy atom. The van der Waals surface area contributed by atoms with Crippen LogP contribution in [-0.4, -0.2) is 6.54 Å². The van der Waals surface area contributed by atoms with Crippen molar-refractivity contribution in [2.45, 2.75) is 39.0 Å². The van der Waals surface area contributed by atoms with Gasteiger partial charge in [-0.15, -0.1) is 0 Å². The van der Waals surface area contributed by atoms with Gasteiger partial charge in [0, 0.05) is 24.3 Å². The summed E-state index contributed by atoms with van der Waals surface area (Å²) in [6, 6.07) is 26.5. The number of rotatable bonds is 7. The molecule has 0 aromatic heterocycles. The van der Waals surface area contributed by atoms with Crippen molar-refractivity contribution >= 4 is 11.4 Å². The second-order valence-electron chi connectivity index (χ2n) is 7.19. The lowest BCUT2D eigenvalue weighted by Crippen LogP contribution is -2.19. The van der Waals surface area contributed by atoms with E-state index in [0.29, 0.717) is 0 Å². The first-order valence-electron chi connectivity index (χ1n) is 9.91. The highest BCUT2D eigenvalue weighted by molar-refractivity contribution is 5.84. The van der Waals surface area contributed by atoms with Crippen LogP contribution in [0, 0.1) is 0 Å². The molecule has 1 heteroatoms. The minimum absolute atomic E-state index is 1.04. The second kappa shape index (κ2) is 7.78. The molecule has 0 fully saturated rings. The normalized spacial score (nSPS) is 11.9. The second-order valence-corrected chi connectivity index (χ2v) is 7.19. The first-order chi connectivity index (χ1) is 12.9. The summed E-state index contributed by atoms with van der Waals surface area (Å²) in [5, 5.41) is 0. The SMILES string of the molecule is CCCCCCN(c1ccccc1)c1cccc2c1Cc1ccccc1-2. The number of anilines is 2. The standard InChI is InChI=1S/C25H27N/c1-2-3-4-10-18-26(21-13-6-5-7-14-21)25-17-11-16-23-22-15-9-8-12-20(22)19-24(23)25/h5-9,11-17H,2-4,10,18-19H2,1H3. The van der Waals surface area contributed by atoms with Crippen LogP contribution in [0.4, 0.5) is 11.4 Å². The maximum absolute atomic E-state index is 2.53. The molecule has 1 aliphatic rings. The minimum atomic E-state index is 1.04. The largest absolute Gasteiger partial charge is 0.341 e. The van der Waals surface area contributed by atoms with E-state index in [-0.39, 0.29) is 0 Å². The predicted octanol–water partition coefficient (Wildman–Crippen LogP) is 6.98. The molecule has 0 saturated heterocycles. The smallest absolute Gasteiger partial charge is 0.0452 e. The highest BCUT2D eigenvalue weighted by atomic mass is 15.1. The van der Waals surface area contributed by atoms with Gasteiger partial charge in [-0.25, -0.2) is 0 Å². The van der Waals surface area contributed by atoms with Gasteiger partial charge in [0.2, 0.25) is 0 Å². The molecule has 0 heterocycles. The van der Waals surface area contributed by atoms with Gasteiger partial charge in [0.05, 0.1) is 0 Å². The van der Waals surface area contributed by atoms with Crippen LogP contribution in [0.5, 0.6) is 0 Å². The number of fused-ring (bicyclic) bond motifs is 3. The zero-order chi connectivity index (χ0) is 17.8. The number of hydrogen-bond acceptors (Lipinski definition) is 1. The average Bonchev–Trinajstić information content (AvgIpc) is 3.08. The Morgan fingerprint density at radius 2 is 1.50 bits per heavy atom. The molecule has 0 amide bonds. The summed E-state index contributed by atoms with van der Waals surface area (Å²) in [4.78, 5) is 2.53. The number of benzene rings is 3. The van der Waals surface area contributed by atoms with Crippen LogP contribution >= 0.6 is 0 Å². The summed E-state index contributed by atoms with van der Waals surface area (Å²) in [6.45, 7) is 3.35. The Balaban J connectivity index is 1.71. The van der Waals surface area contributed by atoms with Crippen LogP contribution in [0.3, 0.4) is 0 Å². The van der Waals surface area contributed by atoms with Crippen molar-refractivity contribution < 1.29 is 0 Å². The third kappa shape index (κ3) is 3.26. The summed E-state index contributed by atoms with van der Waals surface area (Å²) in [5.74, 6) is 0. The molecule has 1 nitrogen and oxygen atoms in total. The Bertz CT molecular complexity index is 866. The predicted molar refractivity (Wildman–Crippen MR) is 112 cm³/mol. The molecule has 132 valence electrons. The minimum Gasteiger partial charge on any atom is -0.341 e. The molecular formula is C25H27N. The fourth-order valence-corrected chi connectivity index (χ4v) is 4.09. The lowest BCUT2D eigenvalue weighted by molar-refractivity contribution is 0.668. The van der Waals surface area contributed by atoms with E-state index < -0.39 is 0 Å². The molecule has 0 spiro atoms. The molecule has 0 aliphatic heterocycles. The van der Waals surface area contributed by atoms with E-state index in [1.807, 2.05) is 0 Å². The van der Waals surface area contributed by atoms with Gasteiger partial charge in [0.25, 0.3) is 0 Å². The number of nitrogens with zero attached hydrogens (tertiary/aromatic N) is 1. The Kier molecular flexibility index (Phi) is 5.06. The highest BCUT2D eigenvalue weighted by Crippen LogP contribution is 2.42. The zero-order valence-electron chi connectivity index (χ0n) is 15.6. The number of unbranched alkanes of at least 4 members (excludes halogenated alkanes) is 3. The fourth-order valence-electron chi connectivity index (χ4n) is 4.09. The van der Waals surface area contributed by atoms with E-state index in [9.17, 15) is 0 Å². The van der Waals surface area contributed by atoms with Crippen LogP contribution in [0.2, 0.25) is 0 Å². The summed E-state index contributed by atoms with van der Waals surface area (Å²) in [7, 11) is 0. The lowest BCUT2D eigenvalue weighted by atomic mass is 10.0. The Morgan fingerprint density at radius 3 is 2.35 bits per heavy atom. The van der Waals surface area contributed by atoms with E-state index >= 15 is 0 Å². The van der Waals surface area contributed by atoms with Crippen LogP contribution in [-0.2, 0) is 6.42 Å². The van der Waals surface area contributed by atoms with E-state index in [1.54, 1.807) is 0 Å². The monoisotopic (exact) mass is 341 g/mol. The van der Waals surface area contributed by atoms with E-state index in [0.717, 1.165) is 13.0 Å². The van der Waals surface area contributed by atoms with E-state index in [1.165, 1.54) is 59.3 Å². The van der Waals surface area contributed by atoms with Crippen molar-refractivity contribution in [2.24, 2.45) is 0 Å². The molecule has 0 N–H and O–H groups in total. The number of hydrogen-bond donors (Lipinski definition) is 0.